The molecule has 4 rings (SSSR count). The molecule has 2 aliphatic heterocycles. The van der Waals surface area contributed by atoms with E-state index in [1.54, 1.807) is 4.90 Å². The number of nitrogens with zero attached hydrogens (tertiary/aromatic N) is 2. The molecule has 1 aliphatic carbocycles. The average Bonchev–Trinajstić information content (AvgIpc) is 3.53. The minimum Gasteiger partial charge on any atom is -0.352 e. The minimum absolute atomic E-state index is 0.0385. The van der Waals surface area contributed by atoms with Crippen LogP contribution >= 0.6 is 11.8 Å². The van der Waals surface area contributed by atoms with Crippen LogP contribution in [0, 0.1) is 5.92 Å². The Hall–Kier alpha value is -2.54. The lowest BCUT2D eigenvalue weighted by Crippen LogP contribution is -2.33. The zero-order chi connectivity index (χ0) is 26.1. The molecule has 0 radical (unpaired) electrons. The summed E-state index contributed by atoms with van der Waals surface area (Å²) in [5.41, 5.74) is -2.81. The summed E-state index contributed by atoms with van der Waals surface area (Å²) in [4.78, 5) is 30.3. The van der Waals surface area contributed by atoms with Gasteiger partial charge in [-0.2, -0.15) is 26.3 Å². The van der Waals surface area contributed by atoms with Gasteiger partial charge in [-0.25, -0.2) is 0 Å². The van der Waals surface area contributed by atoms with Crippen molar-refractivity contribution in [3.63, 3.8) is 0 Å². The van der Waals surface area contributed by atoms with Crippen molar-refractivity contribution in [2.24, 2.45) is 10.9 Å². The van der Waals surface area contributed by atoms with Gasteiger partial charge in [-0.05, 0) is 74.1 Å². The molecule has 0 bridgehead atoms. The highest BCUT2D eigenvalue weighted by atomic mass is 32.2. The zero-order valence-electron chi connectivity index (χ0n) is 19.0. The quantitative estimate of drug-likeness (QED) is 0.507. The number of amidine groups is 1. The van der Waals surface area contributed by atoms with Gasteiger partial charge in [0, 0.05) is 12.6 Å². The number of allylic oxidation sites excluding steroid dienone is 1. The van der Waals surface area contributed by atoms with Gasteiger partial charge in [-0.15, -0.1) is 0 Å². The fraction of sp³-hybridized carbons (Fsp3) is 0.522. The number of piperidine rings is 1. The van der Waals surface area contributed by atoms with E-state index in [0.717, 1.165) is 30.7 Å². The Bertz CT molecular complexity index is 1070. The third-order valence-electron chi connectivity index (χ3n) is 6.14. The summed E-state index contributed by atoms with van der Waals surface area (Å²) >= 11 is 0.975. The van der Waals surface area contributed by atoms with Crippen LogP contribution in [-0.2, 0) is 23.7 Å². The van der Waals surface area contributed by atoms with Crippen LogP contribution in [0.4, 0.5) is 31.1 Å². The number of rotatable bonds is 6. The highest BCUT2D eigenvalue weighted by Gasteiger charge is 2.38. The summed E-state index contributed by atoms with van der Waals surface area (Å²) in [5.74, 6) is 0.153. The number of hydrogen-bond donors (Lipinski definition) is 2. The molecule has 0 spiro atoms. The first-order valence-corrected chi connectivity index (χ1v) is 12.2. The Kier molecular flexibility index (Phi) is 7.69. The molecular weight excluding hydrogens is 510 g/mol. The molecule has 1 aromatic carbocycles. The molecule has 13 heteroatoms. The maximum Gasteiger partial charge on any atom is 0.416 e. The van der Waals surface area contributed by atoms with E-state index in [9.17, 15) is 35.9 Å². The summed E-state index contributed by atoms with van der Waals surface area (Å²) in [7, 11) is 0. The van der Waals surface area contributed by atoms with Crippen LogP contribution in [0.5, 0.6) is 0 Å². The van der Waals surface area contributed by atoms with Gasteiger partial charge in [0.15, 0.2) is 0 Å². The average molecular weight is 535 g/mol. The van der Waals surface area contributed by atoms with Gasteiger partial charge in [0.05, 0.1) is 16.0 Å². The number of halogens is 6. The fourth-order valence-corrected chi connectivity index (χ4v) is 4.92. The van der Waals surface area contributed by atoms with E-state index < -0.39 is 23.5 Å². The van der Waals surface area contributed by atoms with Gasteiger partial charge < -0.3 is 10.6 Å². The smallest absolute Gasteiger partial charge is 0.352 e. The molecule has 3 fully saturated rings. The van der Waals surface area contributed by atoms with Crippen LogP contribution < -0.4 is 10.6 Å². The van der Waals surface area contributed by atoms with Crippen molar-refractivity contribution in [1.82, 2.24) is 15.5 Å². The maximum atomic E-state index is 13.4. The second-order valence-corrected chi connectivity index (χ2v) is 10.0. The third kappa shape index (κ3) is 7.02. The van der Waals surface area contributed by atoms with Crippen molar-refractivity contribution in [1.29, 1.82) is 0 Å². The fourth-order valence-electron chi connectivity index (χ4n) is 4.10. The second-order valence-electron chi connectivity index (χ2n) is 9.03. The van der Waals surface area contributed by atoms with E-state index >= 15 is 0 Å². The number of amides is 2. The number of likely N-dealkylation sites (tertiary alicyclic amines) is 1. The molecule has 1 aromatic rings. The highest BCUT2D eigenvalue weighted by Crippen LogP contribution is 2.38. The molecule has 36 heavy (non-hydrogen) atoms. The first kappa shape index (κ1) is 26.5. The van der Waals surface area contributed by atoms with Crippen LogP contribution in [0.2, 0.25) is 0 Å². The van der Waals surface area contributed by atoms with E-state index in [1.165, 1.54) is 0 Å². The van der Waals surface area contributed by atoms with Gasteiger partial charge in [0.2, 0.25) is 5.91 Å². The molecule has 3 aliphatic rings. The Morgan fingerprint density at radius 2 is 1.81 bits per heavy atom. The first-order valence-electron chi connectivity index (χ1n) is 11.4. The Morgan fingerprint density at radius 3 is 2.42 bits per heavy atom. The summed E-state index contributed by atoms with van der Waals surface area (Å²) in [5, 5.41) is 5.14. The van der Waals surface area contributed by atoms with Gasteiger partial charge in [0.25, 0.3) is 5.24 Å². The molecule has 2 saturated heterocycles. The monoisotopic (exact) mass is 534 g/mol. The van der Waals surface area contributed by atoms with Gasteiger partial charge >= 0.3 is 12.4 Å². The summed E-state index contributed by atoms with van der Waals surface area (Å²) in [6.45, 7) is 0.662. The Morgan fingerprint density at radius 1 is 1.11 bits per heavy atom. The first-order chi connectivity index (χ1) is 16.9. The summed E-state index contributed by atoms with van der Waals surface area (Å²) in [6.07, 6.45) is -4.78. The maximum absolute atomic E-state index is 13.4. The number of hydrogen-bond acceptors (Lipinski definition) is 5. The van der Waals surface area contributed by atoms with Crippen LogP contribution in [0.25, 0.3) is 0 Å². The van der Waals surface area contributed by atoms with Crippen LogP contribution in [-0.4, -0.2) is 47.6 Å². The predicted molar refractivity (Wildman–Crippen MR) is 122 cm³/mol. The van der Waals surface area contributed by atoms with Gasteiger partial charge in [-0.3, -0.25) is 19.5 Å². The van der Waals surface area contributed by atoms with Crippen molar-refractivity contribution in [2.75, 3.05) is 19.6 Å². The molecule has 2 heterocycles. The number of aliphatic imine (C=N–C) groups is 1. The number of carbonyl (C=O) groups is 2. The number of benzene rings is 1. The van der Waals surface area contributed by atoms with E-state index in [2.05, 4.69) is 15.6 Å². The van der Waals surface area contributed by atoms with E-state index in [0.29, 0.717) is 42.7 Å². The van der Waals surface area contributed by atoms with E-state index in [-0.39, 0.29) is 47.8 Å². The zero-order valence-corrected chi connectivity index (χ0v) is 19.8. The highest BCUT2D eigenvalue weighted by molar-refractivity contribution is 8.18. The minimum atomic E-state index is -4.90. The standard InChI is InChI=1S/C23H24F6N4O2S/c24-22(25,26)15-2-1-14(17(10-15)23(27,28)29)12-33-7-5-13(6-8-33)9-18-20(32-21(35)36-18)30-11-19(34)31-16-3-4-16/h1-2,9-10,13,16H,3-8,11-12H2,(H,31,34)(H,30,32,35). The van der Waals surface area contributed by atoms with E-state index in [4.69, 9.17) is 0 Å². The van der Waals surface area contributed by atoms with Gasteiger partial charge in [0.1, 0.15) is 12.4 Å². The molecule has 0 unspecified atom stereocenters. The predicted octanol–water partition coefficient (Wildman–Crippen LogP) is 4.95. The van der Waals surface area contributed by atoms with Crippen molar-refractivity contribution in [2.45, 2.75) is 50.6 Å². The van der Waals surface area contributed by atoms with Crippen LogP contribution in [0.3, 0.4) is 0 Å². The van der Waals surface area contributed by atoms with Crippen molar-refractivity contribution >= 4 is 28.7 Å². The van der Waals surface area contributed by atoms with Crippen molar-refractivity contribution in [3.8, 4) is 0 Å². The molecule has 2 amide bonds. The molecule has 196 valence electrons. The number of thioether (sulfide) groups is 1. The summed E-state index contributed by atoms with van der Waals surface area (Å²) in [6, 6.07) is 1.95. The molecule has 1 saturated carbocycles. The van der Waals surface area contributed by atoms with Crippen LogP contribution in [0.15, 0.2) is 34.2 Å². The molecule has 0 aromatic heterocycles. The molecule has 6 nitrogen and oxygen atoms in total. The largest absolute Gasteiger partial charge is 0.416 e. The number of alkyl halides is 6. The van der Waals surface area contributed by atoms with Gasteiger partial charge in [-0.1, -0.05) is 12.1 Å². The molecule has 2 N–H and O–H groups in total. The lowest BCUT2D eigenvalue weighted by molar-refractivity contribution is -0.143. The lowest BCUT2D eigenvalue weighted by atomic mass is 9.95. The molecular formula is C23H24F6N4O2S. The Labute approximate surface area is 207 Å². The second kappa shape index (κ2) is 10.4. The van der Waals surface area contributed by atoms with Crippen molar-refractivity contribution in [3.05, 3.63) is 45.9 Å². The topological polar surface area (TPSA) is 73.8 Å². The number of nitrogens with one attached hydrogen (secondary N) is 2. The number of carbonyl (C=O) groups excluding carboxylic acids is 2. The normalized spacial score (nSPS) is 22.3. The lowest BCUT2D eigenvalue weighted by Gasteiger charge is -2.31. The summed E-state index contributed by atoms with van der Waals surface area (Å²) < 4.78 is 79.1. The van der Waals surface area contributed by atoms with E-state index in [1.807, 2.05) is 6.08 Å². The third-order valence-corrected chi connectivity index (χ3v) is 6.97. The molecule has 0 atom stereocenters. The Balaban J connectivity index is 1.37. The SMILES string of the molecule is O=C(CN=C1NC(=O)SC1=CC1CCN(Cc2ccc(C(F)(F)F)cc2C(F)(F)F)CC1)NC1CC1. The van der Waals surface area contributed by atoms with Crippen LogP contribution in [0.1, 0.15) is 42.4 Å². The van der Waals surface area contributed by atoms with Crippen molar-refractivity contribution < 1.29 is 35.9 Å².